The molecule has 1 aliphatic rings. The van der Waals surface area contributed by atoms with Crippen molar-refractivity contribution in [2.24, 2.45) is 0 Å². The fourth-order valence-corrected chi connectivity index (χ4v) is 2.74. The zero-order chi connectivity index (χ0) is 16.1. The van der Waals surface area contributed by atoms with Crippen LogP contribution in [0.1, 0.15) is 6.42 Å². The number of para-hydroxylation sites is 1. The Morgan fingerprint density at radius 3 is 2.70 bits per heavy atom. The predicted octanol–water partition coefficient (Wildman–Crippen LogP) is 3.41. The summed E-state index contributed by atoms with van der Waals surface area (Å²) in [6.07, 6.45) is 0.945. The Morgan fingerprint density at radius 1 is 1.13 bits per heavy atom. The second-order valence-corrected chi connectivity index (χ2v) is 5.60. The number of carbonyl (C=O) groups is 1. The molecule has 0 saturated carbocycles. The highest BCUT2D eigenvalue weighted by Crippen LogP contribution is 2.19. The highest BCUT2D eigenvalue weighted by molar-refractivity contribution is 5.89. The summed E-state index contributed by atoms with van der Waals surface area (Å²) in [4.78, 5) is 14.2. The molecule has 0 bridgehead atoms. The minimum absolute atomic E-state index is 0.0735. The molecule has 120 valence electrons. The Hall–Kier alpha value is -2.69. The van der Waals surface area contributed by atoms with Crippen molar-refractivity contribution < 1.29 is 9.53 Å². The fraction of sp³-hybridized carbons (Fsp3) is 0.278. The van der Waals surface area contributed by atoms with Crippen LogP contribution in [0.5, 0.6) is 5.75 Å². The molecular weight excluding hydrogens is 290 g/mol. The van der Waals surface area contributed by atoms with Crippen LogP contribution in [0.25, 0.3) is 0 Å². The SMILES string of the molecule is COc1cccc(NC(=O)N2CC[C@@H](Nc3ccccc3)C2)c1. The van der Waals surface area contributed by atoms with Crippen LogP contribution < -0.4 is 15.4 Å². The molecular formula is C18H21N3O2. The average Bonchev–Trinajstić information content (AvgIpc) is 3.04. The average molecular weight is 311 g/mol. The van der Waals surface area contributed by atoms with Gasteiger partial charge in [0.1, 0.15) is 5.75 Å². The van der Waals surface area contributed by atoms with E-state index in [0.29, 0.717) is 6.54 Å². The molecule has 1 atom stereocenters. The van der Waals surface area contributed by atoms with Crippen LogP contribution in [0.2, 0.25) is 0 Å². The number of hydrogen-bond donors (Lipinski definition) is 2. The van der Waals surface area contributed by atoms with Crippen LogP contribution in [-0.2, 0) is 0 Å². The largest absolute Gasteiger partial charge is 0.497 e. The number of methoxy groups -OCH3 is 1. The van der Waals surface area contributed by atoms with Gasteiger partial charge in [-0.25, -0.2) is 4.79 Å². The van der Waals surface area contributed by atoms with Crippen molar-refractivity contribution in [3.8, 4) is 5.75 Å². The zero-order valence-corrected chi connectivity index (χ0v) is 13.2. The molecule has 1 saturated heterocycles. The van der Waals surface area contributed by atoms with Gasteiger partial charge in [-0.15, -0.1) is 0 Å². The van der Waals surface area contributed by atoms with Crippen molar-refractivity contribution in [1.29, 1.82) is 0 Å². The molecule has 0 aromatic heterocycles. The van der Waals surface area contributed by atoms with Gasteiger partial charge in [0.2, 0.25) is 0 Å². The number of likely N-dealkylation sites (tertiary alicyclic amines) is 1. The minimum Gasteiger partial charge on any atom is -0.497 e. The van der Waals surface area contributed by atoms with Crippen LogP contribution in [0, 0.1) is 0 Å². The first-order chi connectivity index (χ1) is 11.2. The molecule has 23 heavy (non-hydrogen) atoms. The lowest BCUT2D eigenvalue weighted by Gasteiger charge is -2.18. The van der Waals surface area contributed by atoms with E-state index in [0.717, 1.165) is 30.1 Å². The third kappa shape index (κ3) is 3.94. The maximum atomic E-state index is 12.4. The summed E-state index contributed by atoms with van der Waals surface area (Å²) in [7, 11) is 1.61. The van der Waals surface area contributed by atoms with Gasteiger partial charge in [0.25, 0.3) is 0 Å². The van der Waals surface area contributed by atoms with Gasteiger partial charge in [-0.1, -0.05) is 24.3 Å². The number of hydrogen-bond acceptors (Lipinski definition) is 3. The third-order valence-electron chi connectivity index (χ3n) is 3.94. The summed E-state index contributed by atoms with van der Waals surface area (Å²) >= 11 is 0. The lowest BCUT2D eigenvalue weighted by molar-refractivity contribution is 0.222. The molecule has 0 spiro atoms. The van der Waals surface area contributed by atoms with Gasteiger partial charge >= 0.3 is 6.03 Å². The number of anilines is 2. The Kier molecular flexibility index (Phi) is 4.66. The number of ether oxygens (including phenoxy) is 1. The van der Waals surface area contributed by atoms with Crippen LogP contribution in [0.3, 0.4) is 0 Å². The van der Waals surface area contributed by atoms with E-state index in [2.05, 4.69) is 10.6 Å². The van der Waals surface area contributed by atoms with Crippen LogP contribution in [0.4, 0.5) is 16.2 Å². The Balaban J connectivity index is 1.55. The highest BCUT2D eigenvalue weighted by atomic mass is 16.5. The number of rotatable bonds is 4. The summed E-state index contributed by atoms with van der Waals surface area (Å²) in [5.74, 6) is 0.729. The first-order valence-electron chi connectivity index (χ1n) is 7.76. The topological polar surface area (TPSA) is 53.6 Å². The second-order valence-electron chi connectivity index (χ2n) is 5.60. The van der Waals surface area contributed by atoms with E-state index in [4.69, 9.17) is 4.74 Å². The third-order valence-corrected chi connectivity index (χ3v) is 3.94. The van der Waals surface area contributed by atoms with Gasteiger partial charge in [-0.3, -0.25) is 0 Å². The predicted molar refractivity (Wildman–Crippen MR) is 92.1 cm³/mol. The summed E-state index contributed by atoms with van der Waals surface area (Å²) in [5, 5.41) is 6.39. The molecule has 1 fully saturated rings. The molecule has 1 aliphatic heterocycles. The van der Waals surface area contributed by atoms with Crippen molar-refractivity contribution >= 4 is 17.4 Å². The lowest BCUT2D eigenvalue weighted by atomic mass is 10.2. The fourth-order valence-electron chi connectivity index (χ4n) is 2.74. The van der Waals surface area contributed by atoms with Crippen LogP contribution in [0.15, 0.2) is 54.6 Å². The van der Waals surface area contributed by atoms with Gasteiger partial charge in [0, 0.05) is 36.6 Å². The van der Waals surface area contributed by atoms with E-state index in [-0.39, 0.29) is 12.1 Å². The molecule has 5 nitrogen and oxygen atoms in total. The van der Waals surface area contributed by atoms with Gasteiger partial charge in [0.15, 0.2) is 0 Å². The molecule has 3 rings (SSSR count). The number of carbonyl (C=O) groups excluding carboxylic acids is 1. The molecule has 2 amide bonds. The second kappa shape index (κ2) is 7.05. The van der Waals surface area contributed by atoms with E-state index in [9.17, 15) is 4.79 Å². The van der Waals surface area contributed by atoms with Gasteiger partial charge < -0.3 is 20.3 Å². The Labute approximate surface area is 136 Å². The number of amides is 2. The smallest absolute Gasteiger partial charge is 0.321 e. The Bertz CT molecular complexity index is 660. The van der Waals surface area contributed by atoms with Gasteiger partial charge in [-0.05, 0) is 30.7 Å². The number of nitrogens with one attached hydrogen (secondary N) is 2. The summed E-state index contributed by atoms with van der Waals surface area (Å²) in [6.45, 7) is 1.45. The number of benzene rings is 2. The minimum atomic E-state index is -0.0735. The quantitative estimate of drug-likeness (QED) is 0.910. The maximum Gasteiger partial charge on any atom is 0.321 e. The summed E-state index contributed by atoms with van der Waals surface area (Å²) in [5.41, 5.74) is 1.83. The van der Waals surface area contributed by atoms with Crippen molar-refractivity contribution in [3.63, 3.8) is 0 Å². The van der Waals surface area contributed by atoms with Gasteiger partial charge in [-0.2, -0.15) is 0 Å². The Morgan fingerprint density at radius 2 is 1.91 bits per heavy atom. The van der Waals surface area contributed by atoms with E-state index < -0.39 is 0 Å². The normalized spacial score (nSPS) is 16.9. The molecule has 2 aromatic rings. The summed E-state index contributed by atoms with van der Waals surface area (Å²) < 4.78 is 5.17. The first-order valence-corrected chi connectivity index (χ1v) is 7.76. The van der Waals surface area contributed by atoms with E-state index in [1.54, 1.807) is 7.11 Å². The van der Waals surface area contributed by atoms with Crippen molar-refractivity contribution in [2.75, 3.05) is 30.8 Å². The lowest BCUT2D eigenvalue weighted by Crippen LogP contribution is -2.34. The molecule has 0 aliphatic carbocycles. The standard InChI is InChI=1S/C18H21N3O2/c1-23-17-9-5-8-15(12-17)20-18(22)21-11-10-16(13-21)19-14-6-3-2-4-7-14/h2-9,12,16,19H,10-11,13H2,1H3,(H,20,22)/t16-/m1/s1. The number of urea groups is 1. The molecule has 2 N–H and O–H groups in total. The number of nitrogens with zero attached hydrogens (tertiary/aromatic N) is 1. The zero-order valence-electron chi connectivity index (χ0n) is 13.2. The van der Waals surface area contributed by atoms with E-state index in [1.165, 1.54) is 0 Å². The monoisotopic (exact) mass is 311 g/mol. The summed E-state index contributed by atoms with van der Waals surface area (Å²) in [6, 6.07) is 17.7. The highest BCUT2D eigenvalue weighted by Gasteiger charge is 2.26. The first kappa shape index (κ1) is 15.2. The molecule has 0 radical (unpaired) electrons. The maximum absolute atomic E-state index is 12.4. The van der Waals surface area contributed by atoms with Gasteiger partial charge in [0.05, 0.1) is 7.11 Å². The van der Waals surface area contributed by atoms with E-state index >= 15 is 0 Å². The molecule has 0 unspecified atom stereocenters. The van der Waals surface area contributed by atoms with Crippen LogP contribution >= 0.6 is 0 Å². The van der Waals surface area contributed by atoms with E-state index in [1.807, 2.05) is 59.5 Å². The van der Waals surface area contributed by atoms with Crippen molar-refractivity contribution in [3.05, 3.63) is 54.6 Å². The van der Waals surface area contributed by atoms with Crippen LogP contribution in [-0.4, -0.2) is 37.2 Å². The molecule has 2 aromatic carbocycles. The van der Waals surface area contributed by atoms with Crippen molar-refractivity contribution in [2.45, 2.75) is 12.5 Å². The molecule has 1 heterocycles. The van der Waals surface area contributed by atoms with Crippen molar-refractivity contribution in [1.82, 2.24) is 4.90 Å². The molecule has 5 heteroatoms.